The summed E-state index contributed by atoms with van der Waals surface area (Å²) in [5.41, 5.74) is 7.10. The molecule has 0 aliphatic heterocycles. The third kappa shape index (κ3) is 2.29. The van der Waals surface area contributed by atoms with Gasteiger partial charge < -0.3 is 5.73 Å². The van der Waals surface area contributed by atoms with E-state index in [2.05, 4.69) is 25.1 Å². The maximum absolute atomic E-state index is 6.07. The molecule has 0 saturated heterocycles. The summed E-state index contributed by atoms with van der Waals surface area (Å²) in [5.74, 6) is 0. The van der Waals surface area contributed by atoms with Crippen molar-refractivity contribution < 1.29 is 0 Å². The van der Waals surface area contributed by atoms with Crippen LogP contribution in [0.4, 0.5) is 0 Å². The van der Waals surface area contributed by atoms with Crippen molar-refractivity contribution in [2.24, 2.45) is 5.73 Å². The van der Waals surface area contributed by atoms with Gasteiger partial charge in [0.05, 0.1) is 0 Å². The number of nitrogens with two attached hydrogens (primary N) is 1. The van der Waals surface area contributed by atoms with Crippen LogP contribution in [0.15, 0.2) is 6.20 Å². The Bertz CT molecular complexity index is 260. The standard InChI is InChI=1S/C10H18N2S/c1-9(2,3)8-7(6-12-13-8)10(4,5)11/h6H,11H2,1-5H3. The first kappa shape index (κ1) is 10.7. The van der Waals surface area contributed by atoms with Crippen molar-refractivity contribution in [3.05, 3.63) is 16.6 Å². The van der Waals surface area contributed by atoms with Crippen molar-refractivity contribution in [1.82, 2.24) is 4.37 Å². The van der Waals surface area contributed by atoms with Gasteiger partial charge in [-0.25, -0.2) is 4.37 Å². The molecule has 13 heavy (non-hydrogen) atoms. The molecule has 0 atom stereocenters. The van der Waals surface area contributed by atoms with Crippen LogP contribution >= 0.6 is 11.5 Å². The van der Waals surface area contributed by atoms with Gasteiger partial charge >= 0.3 is 0 Å². The Labute approximate surface area is 84.3 Å². The van der Waals surface area contributed by atoms with Gasteiger partial charge in [0.1, 0.15) is 0 Å². The molecule has 0 saturated carbocycles. The van der Waals surface area contributed by atoms with Crippen molar-refractivity contribution in [2.75, 3.05) is 0 Å². The van der Waals surface area contributed by atoms with Gasteiger partial charge in [0.25, 0.3) is 0 Å². The molecule has 74 valence electrons. The second-order valence-corrected chi connectivity index (χ2v) is 5.84. The Morgan fingerprint density at radius 2 is 1.77 bits per heavy atom. The van der Waals surface area contributed by atoms with E-state index in [0.717, 1.165) is 0 Å². The molecule has 3 heteroatoms. The topological polar surface area (TPSA) is 38.9 Å². The van der Waals surface area contributed by atoms with Crippen molar-refractivity contribution in [3.63, 3.8) is 0 Å². The van der Waals surface area contributed by atoms with Crippen LogP contribution in [-0.4, -0.2) is 4.37 Å². The van der Waals surface area contributed by atoms with E-state index in [-0.39, 0.29) is 11.0 Å². The molecular formula is C10H18N2S. The van der Waals surface area contributed by atoms with Gasteiger partial charge in [-0.05, 0) is 30.8 Å². The lowest BCUT2D eigenvalue weighted by molar-refractivity contribution is 0.520. The maximum Gasteiger partial charge on any atom is 0.0460 e. The smallest absolute Gasteiger partial charge is 0.0460 e. The number of rotatable bonds is 1. The van der Waals surface area contributed by atoms with Crippen LogP contribution in [-0.2, 0) is 11.0 Å². The number of hydrogen-bond acceptors (Lipinski definition) is 3. The van der Waals surface area contributed by atoms with Crippen molar-refractivity contribution in [3.8, 4) is 0 Å². The summed E-state index contributed by atoms with van der Waals surface area (Å²) in [6, 6.07) is 0. The quantitative estimate of drug-likeness (QED) is 0.753. The Hall–Kier alpha value is -0.410. The van der Waals surface area contributed by atoms with Crippen LogP contribution in [0, 0.1) is 0 Å². The fraction of sp³-hybridized carbons (Fsp3) is 0.700. The highest BCUT2D eigenvalue weighted by molar-refractivity contribution is 7.06. The summed E-state index contributed by atoms with van der Waals surface area (Å²) < 4.78 is 4.22. The lowest BCUT2D eigenvalue weighted by Gasteiger charge is -2.25. The Balaban J connectivity index is 3.19. The van der Waals surface area contributed by atoms with Gasteiger partial charge in [0.15, 0.2) is 0 Å². The van der Waals surface area contributed by atoms with Crippen LogP contribution in [0.5, 0.6) is 0 Å². The van der Waals surface area contributed by atoms with Crippen LogP contribution in [0.3, 0.4) is 0 Å². The summed E-state index contributed by atoms with van der Waals surface area (Å²) in [5, 5.41) is 0. The predicted octanol–water partition coefficient (Wildman–Crippen LogP) is 2.63. The highest BCUT2D eigenvalue weighted by atomic mass is 32.1. The fourth-order valence-electron chi connectivity index (χ4n) is 1.24. The molecule has 0 radical (unpaired) electrons. The van der Waals surface area contributed by atoms with Gasteiger partial charge in [0, 0.05) is 22.2 Å². The molecule has 2 nitrogen and oxygen atoms in total. The molecule has 1 rings (SSSR count). The average molecular weight is 198 g/mol. The van der Waals surface area contributed by atoms with Gasteiger partial charge in [-0.15, -0.1) is 0 Å². The third-order valence-electron chi connectivity index (χ3n) is 1.95. The van der Waals surface area contributed by atoms with Crippen LogP contribution < -0.4 is 5.73 Å². The summed E-state index contributed by atoms with van der Waals surface area (Å²) in [4.78, 5) is 1.29. The molecule has 0 unspecified atom stereocenters. The first-order valence-electron chi connectivity index (χ1n) is 4.47. The molecule has 1 aromatic heterocycles. The van der Waals surface area contributed by atoms with E-state index in [9.17, 15) is 0 Å². The highest BCUT2D eigenvalue weighted by Crippen LogP contribution is 2.33. The minimum Gasteiger partial charge on any atom is -0.322 e. The van der Waals surface area contributed by atoms with Crippen molar-refractivity contribution in [1.29, 1.82) is 0 Å². The van der Waals surface area contributed by atoms with E-state index < -0.39 is 0 Å². The lowest BCUT2D eigenvalue weighted by Crippen LogP contribution is -2.31. The molecule has 0 fully saturated rings. The van der Waals surface area contributed by atoms with Crippen LogP contribution in [0.1, 0.15) is 45.1 Å². The minimum atomic E-state index is -0.282. The zero-order valence-electron chi connectivity index (χ0n) is 9.01. The normalized spacial score (nSPS) is 13.4. The highest BCUT2D eigenvalue weighted by Gasteiger charge is 2.27. The SMILES string of the molecule is CC(C)(C)c1sncc1C(C)(C)N. The van der Waals surface area contributed by atoms with Gasteiger partial charge in [-0.2, -0.15) is 0 Å². The fourth-order valence-corrected chi connectivity index (χ4v) is 2.19. The van der Waals surface area contributed by atoms with Crippen molar-refractivity contribution in [2.45, 2.75) is 45.6 Å². The summed E-state index contributed by atoms with van der Waals surface area (Å²) in [7, 11) is 0. The Morgan fingerprint density at radius 1 is 1.23 bits per heavy atom. The van der Waals surface area contributed by atoms with Gasteiger partial charge in [0.2, 0.25) is 0 Å². The second kappa shape index (κ2) is 3.07. The maximum atomic E-state index is 6.07. The summed E-state index contributed by atoms with van der Waals surface area (Å²) >= 11 is 1.55. The molecule has 0 aromatic carbocycles. The van der Waals surface area contributed by atoms with E-state index >= 15 is 0 Å². The molecule has 0 aliphatic rings. The molecule has 0 bridgehead atoms. The summed E-state index contributed by atoms with van der Waals surface area (Å²) in [6.45, 7) is 10.6. The molecular weight excluding hydrogens is 180 g/mol. The van der Waals surface area contributed by atoms with Crippen LogP contribution in [0.25, 0.3) is 0 Å². The molecule has 0 spiro atoms. The van der Waals surface area contributed by atoms with Gasteiger partial charge in [-0.1, -0.05) is 20.8 Å². The zero-order valence-corrected chi connectivity index (χ0v) is 9.83. The summed E-state index contributed by atoms with van der Waals surface area (Å²) in [6.07, 6.45) is 1.89. The van der Waals surface area contributed by atoms with E-state index in [4.69, 9.17) is 5.73 Å². The van der Waals surface area contributed by atoms with E-state index in [1.54, 1.807) is 11.5 Å². The number of hydrogen-bond donors (Lipinski definition) is 1. The lowest BCUT2D eigenvalue weighted by atomic mass is 9.86. The molecule has 0 aliphatic carbocycles. The van der Waals surface area contributed by atoms with E-state index in [1.807, 2.05) is 20.0 Å². The Morgan fingerprint density at radius 3 is 2.08 bits per heavy atom. The number of aromatic nitrogens is 1. The molecule has 1 heterocycles. The second-order valence-electron chi connectivity index (χ2n) is 5.04. The molecule has 2 N–H and O–H groups in total. The molecule has 0 amide bonds. The van der Waals surface area contributed by atoms with E-state index in [0.29, 0.717) is 0 Å². The van der Waals surface area contributed by atoms with Crippen LogP contribution in [0.2, 0.25) is 0 Å². The van der Waals surface area contributed by atoms with E-state index in [1.165, 1.54) is 10.4 Å². The van der Waals surface area contributed by atoms with Crippen molar-refractivity contribution >= 4 is 11.5 Å². The largest absolute Gasteiger partial charge is 0.322 e. The molecule has 1 aromatic rings. The number of nitrogens with zero attached hydrogens (tertiary/aromatic N) is 1. The monoisotopic (exact) mass is 198 g/mol. The predicted molar refractivity (Wildman–Crippen MR) is 58.0 cm³/mol. The zero-order chi connectivity index (χ0) is 10.3. The average Bonchev–Trinajstić information content (AvgIpc) is 2.27. The third-order valence-corrected chi connectivity index (χ3v) is 3.17. The van der Waals surface area contributed by atoms with Gasteiger partial charge in [-0.3, -0.25) is 0 Å². The first-order valence-corrected chi connectivity index (χ1v) is 5.25. The first-order chi connectivity index (χ1) is 5.73. The minimum absolute atomic E-state index is 0.146. The Kier molecular flexibility index (Phi) is 2.52.